The Bertz CT molecular complexity index is 408. The number of unbranched alkanes of at least 4 members (excludes halogenated alkanes) is 6. The second-order valence-electron chi connectivity index (χ2n) is 7.84. The quantitative estimate of drug-likeness (QED) is 0.187. The van der Waals surface area contributed by atoms with E-state index in [1.165, 1.54) is 32.0 Å². The average molecular weight is 349 g/mol. The topological polar surface area (TPSA) is 34.1 Å². The van der Waals surface area contributed by atoms with Crippen molar-refractivity contribution in [2.75, 3.05) is 0 Å². The smallest absolute Gasteiger partial charge is 0.177 e. The standard InChI is InChI=1S/C23H40O2/c1-6-7-8-9-10-13-16-22(25)17-14-11-12-15-18-23(19-24,20(2)3)21(4)5/h13-14,16-17,19-21H,6-12,15,18H2,1-5H3. The van der Waals surface area contributed by atoms with Gasteiger partial charge in [-0.1, -0.05) is 72.5 Å². The minimum absolute atomic E-state index is 0.0853. The largest absolute Gasteiger partial charge is 0.303 e. The van der Waals surface area contributed by atoms with Gasteiger partial charge in [0.1, 0.15) is 6.29 Å². The Morgan fingerprint density at radius 2 is 1.36 bits per heavy atom. The van der Waals surface area contributed by atoms with Crippen molar-refractivity contribution in [1.82, 2.24) is 0 Å². The lowest BCUT2D eigenvalue weighted by molar-refractivity contribution is -0.122. The molecule has 0 aliphatic carbocycles. The lowest BCUT2D eigenvalue weighted by atomic mass is 9.67. The van der Waals surface area contributed by atoms with E-state index in [9.17, 15) is 9.59 Å². The number of allylic oxidation sites excluding steroid dienone is 4. The molecule has 0 aromatic carbocycles. The Labute approximate surface area is 156 Å². The van der Waals surface area contributed by atoms with Crippen molar-refractivity contribution in [3.8, 4) is 0 Å². The molecule has 25 heavy (non-hydrogen) atoms. The second kappa shape index (κ2) is 14.0. The Morgan fingerprint density at radius 3 is 1.80 bits per heavy atom. The molecule has 0 unspecified atom stereocenters. The number of hydrogen-bond donors (Lipinski definition) is 0. The molecule has 144 valence electrons. The third-order valence-electron chi connectivity index (χ3n) is 5.39. The maximum atomic E-state index is 11.7. The van der Waals surface area contributed by atoms with Crippen LogP contribution in [-0.4, -0.2) is 12.1 Å². The molecule has 0 fully saturated rings. The summed E-state index contributed by atoms with van der Waals surface area (Å²) in [6.07, 6.45) is 18.3. The third kappa shape index (κ3) is 9.77. The van der Waals surface area contributed by atoms with Crippen LogP contribution in [0.2, 0.25) is 0 Å². The van der Waals surface area contributed by atoms with E-state index in [4.69, 9.17) is 0 Å². The molecule has 0 heterocycles. The predicted molar refractivity (Wildman–Crippen MR) is 109 cm³/mol. The number of carbonyl (C=O) groups is 2. The first-order chi connectivity index (χ1) is 11.9. The monoisotopic (exact) mass is 348 g/mol. The van der Waals surface area contributed by atoms with Crippen LogP contribution in [0, 0.1) is 17.3 Å². The first-order valence-electron chi connectivity index (χ1n) is 10.2. The van der Waals surface area contributed by atoms with E-state index < -0.39 is 0 Å². The van der Waals surface area contributed by atoms with Gasteiger partial charge in [0.15, 0.2) is 5.78 Å². The van der Waals surface area contributed by atoms with E-state index in [0.717, 1.165) is 32.1 Å². The van der Waals surface area contributed by atoms with E-state index in [1.54, 1.807) is 12.2 Å². The van der Waals surface area contributed by atoms with Crippen molar-refractivity contribution in [2.24, 2.45) is 17.3 Å². The predicted octanol–water partition coefficient (Wildman–Crippen LogP) is 6.70. The zero-order valence-electron chi connectivity index (χ0n) is 17.2. The fraction of sp³-hybridized carbons (Fsp3) is 0.739. The van der Waals surface area contributed by atoms with Crippen LogP contribution in [0.5, 0.6) is 0 Å². The van der Waals surface area contributed by atoms with Gasteiger partial charge < -0.3 is 4.79 Å². The molecule has 0 aromatic heterocycles. The van der Waals surface area contributed by atoms with Crippen molar-refractivity contribution in [2.45, 2.75) is 92.4 Å². The SMILES string of the molecule is CCCCCCC=CC(=O)C=CCCCCC(C=O)(C(C)C)C(C)C. The molecule has 0 aliphatic heterocycles. The summed E-state index contributed by atoms with van der Waals surface area (Å²) in [6.45, 7) is 10.8. The van der Waals surface area contributed by atoms with Crippen molar-refractivity contribution >= 4 is 12.1 Å². The van der Waals surface area contributed by atoms with E-state index >= 15 is 0 Å². The Balaban J connectivity index is 4.03. The summed E-state index contributed by atoms with van der Waals surface area (Å²) in [5, 5.41) is 0. The second-order valence-corrected chi connectivity index (χ2v) is 7.84. The zero-order valence-corrected chi connectivity index (χ0v) is 17.2. The summed E-state index contributed by atoms with van der Waals surface area (Å²) in [5.41, 5.74) is -0.208. The summed E-state index contributed by atoms with van der Waals surface area (Å²) < 4.78 is 0. The van der Waals surface area contributed by atoms with E-state index in [1.807, 2.05) is 12.2 Å². The fourth-order valence-corrected chi connectivity index (χ4v) is 3.41. The molecule has 0 atom stereocenters. The Hall–Kier alpha value is -1.18. The fourth-order valence-electron chi connectivity index (χ4n) is 3.41. The lowest BCUT2D eigenvalue weighted by Gasteiger charge is -2.36. The highest BCUT2D eigenvalue weighted by atomic mass is 16.1. The molecule has 0 saturated carbocycles. The van der Waals surface area contributed by atoms with Gasteiger partial charge >= 0.3 is 0 Å². The van der Waals surface area contributed by atoms with Crippen LogP contribution in [0.4, 0.5) is 0 Å². The van der Waals surface area contributed by atoms with Gasteiger partial charge in [-0.25, -0.2) is 0 Å². The van der Waals surface area contributed by atoms with Crippen molar-refractivity contribution in [1.29, 1.82) is 0 Å². The molecule has 2 nitrogen and oxygen atoms in total. The normalized spacial score (nSPS) is 12.8. The number of carbonyl (C=O) groups excluding carboxylic acids is 2. The molecular weight excluding hydrogens is 308 g/mol. The van der Waals surface area contributed by atoms with Gasteiger partial charge in [-0.2, -0.15) is 0 Å². The molecule has 0 saturated heterocycles. The van der Waals surface area contributed by atoms with Gasteiger partial charge in [0.25, 0.3) is 0 Å². The number of rotatable bonds is 15. The summed E-state index contributed by atoms with van der Waals surface area (Å²) in [7, 11) is 0. The van der Waals surface area contributed by atoms with Crippen LogP contribution in [0.3, 0.4) is 0 Å². The number of ketones is 1. The maximum Gasteiger partial charge on any atom is 0.177 e. The highest BCUT2D eigenvalue weighted by Crippen LogP contribution is 2.38. The summed E-state index contributed by atoms with van der Waals surface area (Å²) in [4.78, 5) is 23.4. The van der Waals surface area contributed by atoms with Gasteiger partial charge in [0.2, 0.25) is 0 Å². The van der Waals surface area contributed by atoms with Crippen molar-refractivity contribution < 1.29 is 9.59 Å². The van der Waals surface area contributed by atoms with Crippen molar-refractivity contribution in [3.05, 3.63) is 24.3 Å². The molecule has 2 heteroatoms. The first kappa shape index (κ1) is 23.8. The van der Waals surface area contributed by atoms with Crippen LogP contribution in [0.1, 0.15) is 92.4 Å². The summed E-state index contributed by atoms with van der Waals surface area (Å²) >= 11 is 0. The Morgan fingerprint density at radius 1 is 0.840 bits per heavy atom. The van der Waals surface area contributed by atoms with Gasteiger partial charge in [-0.3, -0.25) is 4.79 Å². The molecule has 0 aliphatic rings. The van der Waals surface area contributed by atoms with E-state index in [-0.39, 0.29) is 11.2 Å². The molecule has 0 N–H and O–H groups in total. The van der Waals surface area contributed by atoms with Gasteiger partial charge in [0.05, 0.1) is 0 Å². The van der Waals surface area contributed by atoms with E-state index in [2.05, 4.69) is 34.6 Å². The highest BCUT2D eigenvalue weighted by molar-refractivity contribution is 5.99. The summed E-state index contributed by atoms with van der Waals surface area (Å²) in [5.74, 6) is 0.816. The van der Waals surface area contributed by atoms with Crippen LogP contribution >= 0.6 is 0 Å². The molecule has 0 rings (SSSR count). The molecule has 0 aromatic rings. The Kier molecular flexibility index (Phi) is 13.4. The van der Waals surface area contributed by atoms with Crippen LogP contribution < -0.4 is 0 Å². The highest BCUT2D eigenvalue weighted by Gasteiger charge is 2.36. The van der Waals surface area contributed by atoms with Crippen LogP contribution in [-0.2, 0) is 9.59 Å². The summed E-state index contributed by atoms with van der Waals surface area (Å²) in [6, 6.07) is 0. The molecular formula is C23H40O2. The minimum atomic E-state index is -0.208. The lowest BCUT2D eigenvalue weighted by Crippen LogP contribution is -2.34. The molecule has 0 amide bonds. The van der Waals surface area contributed by atoms with Gasteiger partial charge in [-0.15, -0.1) is 0 Å². The third-order valence-corrected chi connectivity index (χ3v) is 5.39. The molecule has 0 spiro atoms. The first-order valence-corrected chi connectivity index (χ1v) is 10.2. The van der Waals surface area contributed by atoms with Crippen LogP contribution in [0.25, 0.3) is 0 Å². The molecule has 0 radical (unpaired) electrons. The minimum Gasteiger partial charge on any atom is -0.303 e. The number of aldehydes is 1. The van der Waals surface area contributed by atoms with E-state index in [0.29, 0.717) is 11.8 Å². The van der Waals surface area contributed by atoms with Crippen molar-refractivity contribution in [3.63, 3.8) is 0 Å². The van der Waals surface area contributed by atoms with Gasteiger partial charge in [-0.05, 0) is 56.1 Å². The average Bonchev–Trinajstić information content (AvgIpc) is 2.57. The van der Waals surface area contributed by atoms with Gasteiger partial charge in [0, 0.05) is 5.41 Å². The van der Waals surface area contributed by atoms with Crippen LogP contribution in [0.15, 0.2) is 24.3 Å². The zero-order chi connectivity index (χ0) is 19.1. The maximum absolute atomic E-state index is 11.7. The molecule has 0 bridgehead atoms. The number of hydrogen-bond acceptors (Lipinski definition) is 2.